The van der Waals surface area contributed by atoms with Crippen molar-refractivity contribution in [1.82, 2.24) is 4.90 Å². The van der Waals surface area contributed by atoms with Crippen LogP contribution in [-0.4, -0.2) is 36.8 Å². The van der Waals surface area contributed by atoms with Crippen LogP contribution in [0.25, 0.3) is 0 Å². The van der Waals surface area contributed by atoms with E-state index in [2.05, 4.69) is 31.2 Å². The minimum atomic E-state index is -0.0465. The van der Waals surface area contributed by atoms with Crippen LogP contribution in [0.3, 0.4) is 0 Å². The normalized spacial score (nSPS) is 18.0. The Balaban J connectivity index is 1.78. The van der Waals surface area contributed by atoms with Crippen LogP contribution in [0.5, 0.6) is 0 Å². The summed E-state index contributed by atoms with van der Waals surface area (Å²) in [6, 6.07) is 16.1. The Labute approximate surface area is 141 Å². The molecule has 23 heavy (non-hydrogen) atoms. The summed E-state index contributed by atoms with van der Waals surface area (Å²) in [5, 5.41) is 0. The van der Waals surface area contributed by atoms with Gasteiger partial charge in [0, 0.05) is 11.4 Å². The van der Waals surface area contributed by atoms with Gasteiger partial charge >= 0.3 is 0 Å². The van der Waals surface area contributed by atoms with E-state index in [0.29, 0.717) is 19.7 Å². The molecule has 1 heterocycles. The molecule has 0 bridgehead atoms. The minimum Gasteiger partial charge on any atom is -0.370 e. The number of amides is 1. The van der Waals surface area contributed by atoms with Crippen molar-refractivity contribution in [3.63, 3.8) is 0 Å². The number of carbonyl (C=O) groups is 1. The van der Waals surface area contributed by atoms with E-state index in [1.165, 1.54) is 5.56 Å². The Kier molecular flexibility index (Phi) is 5.03. The molecule has 1 saturated heterocycles. The van der Waals surface area contributed by atoms with Crippen molar-refractivity contribution in [2.75, 3.05) is 26.0 Å². The van der Waals surface area contributed by atoms with E-state index < -0.39 is 0 Å². The zero-order valence-corrected chi connectivity index (χ0v) is 14.3. The fourth-order valence-corrected chi connectivity index (χ4v) is 3.40. The van der Waals surface area contributed by atoms with Crippen molar-refractivity contribution in [2.24, 2.45) is 0 Å². The third-order valence-corrected chi connectivity index (χ3v) is 4.94. The van der Waals surface area contributed by atoms with Crippen LogP contribution in [0.4, 0.5) is 0 Å². The topological polar surface area (TPSA) is 29.5 Å². The Morgan fingerprint density at radius 2 is 1.91 bits per heavy atom. The molecule has 0 radical (unpaired) electrons. The van der Waals surface area contributed by atoms with Gasteiger partial charge in [-0.25, -0.2) is 0 Å². The summed E-state index contributed by atoms with van der Waals surface area (Å²) in [4.78, 5) is 15.8. The number of aryl methyl sites for hydroxylation is 1. The highest BCUT2D eigenvalue weighted by Crippen LogP contribution is 2.26. The molecule has 0 N–H and O–H groups in total. The Hall–Kier alpha value is -1.78. The van der Waals surface area contributed by atoms with Gasteiger partial charge in [-0.1, -0.05) is 42.0 Å². The number of morpholine rings is 1. The summed E-state index contributed by atoms with van der Waals surface area (Å²) in [6.07, 6.45) is 1.95. The summed E-state index contributed by atoms with van der Waals surface area (Å²) in [5.74, 6) is 0.0929. The molecule has 0 saturated carbocycles. The van der Waals surface area contributed by atoms with Gasteiger partial charge in [0.1, 0.15) is 6.10 Å². The molecule has 3 rings (SSSR count). The van der Waals surface area contributed by atoms with Crippen molar-refractivity contribution in [1.29, 1.82) is 0 Å². The number of nitrogens with zero attached hydrogens (tertiary/aromatic N) is 1. The molecule has 2 aromatic carbocycles. The minimum absolute atomic E-state index is 0.0465. The number of ether oxygens (including phenoxy) is 1. The van der Waals surface area contributed by atoms with Crippen LogP contribution in [0.1, 0.15) is 27.6 Å². The summed E-state index contributed by atoms with van der Waals surface area (Å²) < 4.78 is 5.88. The molecule has 1 atom stereocenters. The van der Waals surface area contributed by atoms with Gasteiger partial charge in [0.15, 0.2) is 0 Å². The van der Waals surface area contributed by atoms with E-state index in [1.807, 2.05) is 35.4 Å². The van der Waals surface area contributed by atoms with E-state index >= 15 is 0 Å². The highest BCUT2D eigenvalue weighted by molar-refractivity contribution is 7.98. The summed E-state index contributed by atoms with van der Waals surface area (Å²) >= 11 is 1.61. The quantitative estimate of drug-likeness (QED) is 0.800. The molecule has 120 valence electrons. The molecule has 1 unspecified atom stereocenters. The van der Waals surface area contributed by atoms with E-state index in [1.54, 1.807) is 11.8 Å². The standard InChI is InChI=1S/C19H21NO2S/c1-14-7-9-15(10-8-14)17-13-20(11-12-22-17)19(21)16-5-3-4-6-18(16)23-2/h3-10,17H,11-13H2,1-2H3. The van der Waals surface area contributed by atoms with Crippen molar-refractivity contribution in [3.05, 3.63) is 65.2 Å². The number of hydrogen-bond acceptors (Lipinski definition) is 3. The molecular weight excluding hydrogens is 306 g/mol. The van der Waals surface area contributed by atoms with Gasteiger partial charge in [-0.3, -0.25) is 4.79 Å². The van der Waals surface area contributed by atoms with Crippen LogP contribution < -0.4 is 0 Å². The van der Waals surface area contributed by atoms with Crippen LogP contribution in [0.15, 0.2) is 53.4 Å². The van der Waals surface area contributed by atoms with E-state index in [-0.39, 0.29) is 12.0 Å². The lowest BCUT2D eigenvalue weighted by molar-refractivity contribution is -0.0229. The maximum Gasteiger partial charge on any atom is 0.255 e. The zero-order valence-electron chi connectivity index (χ0n) is 13.5. The van der Waals surface area contributed by atoms with Gasteiger partial charge in [0.25, 0.3) is 5.91 Å². The third kappa shape index (κ3) is 3.59. The molecular formula is C19H21NO2S. The monoisotopic (exact) mass is 327 g/mol. The highest BCUT2D eigenvalue weighted by Gasteiger charge is 2.27. The second-order valence-electron chi connectivity index (χ2n) is 5.72. The average Bonchev–Trinajstić information content (AvgIpc) is 2.62. The molecule has 1 fully saturated rings. The maximum atomic E-state index is 12.9. The lowest BCUT2D eigenvalue weighted by Gasteiger charge is -2.33. The van der Waals surface area contributed by atoms with Gasteiger partial charge in [0.2, 0.25) is 0 Å². The molecule has 0 aromatic heterocycles. The van der Waals surface area contributed by atoms with Gasteiger partial charge in [-0.2, -0.15) is 0 Å². The first kappa shape index (κ1) is 16.1. The Bertz CT molecular complexity index is 684. The van der Waals surface area contributed by atoms with Gasteiger partial charge < -0.3 is 9.64 Å². The van der Waals surface area contributed by atoms with Crippen molar-refractivity contribution < 1.29 is 9.53 Å². The lowest BCUT2D eigenvalue weighted by Crippen LogP contribution is -2.42. The fraction of sp³-hybridized carbons (Fsp3) is 0.316. The Morgan fingerprint density at radius 1 is 1.17 bits per heavy atom. The second kappa shape index (κ2) is 7.20. The largest absolute Gasteiger partial charge is 0.370 e. The smallest absolute Gasteiger partial charge is 0.255 e. The lowest BCUT2D eigenvalue weighted by atomic mass is 10.1. The van der Waals surface area contributed by atoms with E-state index in [4.69, 9.17) is 4.74 Å². The van der Waals surface area contributed by atoms with Crippen molar-refractivity contribution in [2.45, 2.75) is 17.9 Å². The zero-order chi connectivity index (χ0) is 16.2. The first-order valence-corrected chi connectivity index (χ1v) is 9.02. The number of rotatable bonds is 3. The van der Waals surface area contributed by atoms with Gasteiger partial charge in [0.05, 0.1) is 18.7 Å². The molecule has 3 nitrogen and oxygen atoms in total. The van der Waals surface area contributed by atoms with Crippen molar-refractivity contribution in [3.8, 4) is 0 Å². The molecule has 0 aliphatic carbocycles. The maximum absolute atomic E-state index is 12.9. The molecule has 1 aliphatic heterocycles. The van der Waals surface area contributed by atoms with E-state index in [0.717, 1.165) is 16.0 Å². The SMILES string of the molecule is CSc1ccccc1C(=O)N1CCOC(c2ccc(C)cc2)C1. The van der Waals surface area contributed by atoms with Crippen LogP contribution in [-0.2, 0) is 4.74 Å². The number of carbonyl (C=O) groups excluding carboxylic acids is 1. The van der Waals surface area contributed by atoms with Crippen molar-refractivity contribution >= 4 is 17.7 Å². The summed E-state index contributed by atoms with van der Waals surface area (Å²) in [5.41, 5.74) is 3.14. The van der Waals surface area contributed by atoms with Gasteiger partial charge in [-0.15, -0.1) is 11.8 Å². The fourth-order valence-electron chi connectivity index (χ4n) is 2.81. The van der Waals surface area contributed by atoms with Crippen LogP contribution in [0.2, 0.25) is 0 Å². The molecule has 1 aliphatic rings. The summed E-state index contributed by atoms with van der Waals surface area (Å²) in [7, 11) is 0. The van der Waals surface area contributed by atoms with E-state index in [9.17, 15) is 4.79 Å². The third-order valence-electron chi connectivity index (χ3n) is 4.14. The molecule has 4 heteroatoms. The number of hydrogen-bond donors (Lipinski definition) is 0. The molecule has 2 aromatic rings. The van der Waals surface area contributed by atoms with Crippen LogP contribution >= 0.6 is 11.8 Å². The predicted octanol–water partition coefficient (Wildman–Crippen LogP) is 3.93. The Morgan fingerprint density at radius 3 is 2.65 bits per heavy atom. The predicted molar refractivity (Wildman–Crippen MR) is 94.0 cm³/mol. The van der Waals surface area contributed by atoms with Crippen LogP contribution in [0, 0.1) is 6.92 Å². The molecule has 0 spiro atoms. The highest BCUT2D eigenvalue weighted by atomic mass is 32.2. The first-order chi connectivity index (χ1) is 11.2. The number of thioether (sulfide) groups is 1. The first-order valence-electron chi connectivity index (χ1n) is 7.79. The average molecular weight is 327 g/mol. The van der Waals surface area contributed by atoms with Gasteiger partial charge in [-0.05, 0) is 30.9 Å². The molecule has 1 amide bonds. The number of benzene rings is 2. The summed E-state index contributed by atoms with van der Waals surface area (Å²) in [6.45, 7) is 3.89. The second-order valence-corrected chi connectivity index (χ2v) is 6.57.